The number of carbonyl (C=O) groups is 1. The number of aromatic carboxylic acids is 1. The monoisotopic (exact) mass is 261 g/mol. The van der Waals surface area contributed by atoms with Gasteiger partial charge in [-0.05, 0) is 44.5 Å². The van der Waals surface area contributed by atoms with Gasteiger partial charge in [0.1, 0.15) is 18.1 Å². The number of nitrogens with zero attached hydrogens (tertiary/aromatic N) is 1. The van der Waals surface area contributed by atoms with Gasteiger partial charge in [-0.15, -0.1) is 0 Å². The van der Waals surface area contributed by atoms with E-state index in [0.717, 1.165) is 17.0 Å². The lowest BCUT2D eigenvalue weighted by molar-refractivity contribution is 0.0696. The van der Waals surface area contributed by atoms with Gasteiger partial charge in [0.15, 0.2) is 0 Å². The van der Waals surface area contributed by atoms with Gasteiger partial charge in [-0.1, -0.05) is 5.16 Å². The van der Waals surface area contributed by atoms with Crippen molar-refractivity contribution in [2.45, 2.75) is 27.4 Å². The summed E-state index contributed by atoms with van der Waals surface area (Å²) in [6.07, 6.45) is 0. The molecule has 1 heterocycles. The van der Waals surface area contributed by atoms with Gasteiger partial charge in [-0.25, -0.2) is 4.79 Å². The fourth-order valence-corrected chi connectivity index (χ4v) is 1.83. The topological polar surface area (TPSA) is 72.6 Å². The van der Waals surface area contributed by atoms with Gasteiger partial charge in [0.25, 0.3) is 0 Å². The minimum Gasteiger partial charge on any atom is -0.489 e. The molecule has 2 aromatic rings. The summed E-state index contributed by atoms with van der Waals surface area (Å²) in [4.78, 5) is 10.9. The van der Waals surface area contributed by atoms with E-state index in [1.807, 2.05) is 13.8 Å². The number of ether oxygens (including phenoxy) is 1. The molecule has 5 nitrogen and oxygen atoms in total. The number of hydrogen-bond donors (Lipinski definition) is 1. The lowest BCUT2D eigenvalue weighted by atomic mass is 10.1. The highest BCUT2D eigenvalue weighted by Gasteiger charge is 2.11. The Hall–Kier alpha value is -2.30. The Bertz CT molecular complexity index is 596. The summed E-state index contributed by atoms with van der Waals surface area (Å²) in [5, 5.41) is 12.8. The normalized spacial score (nSPS) is 10.5. The van der Waals surface area contributed by atoms with Crippen LogP contribution in [0.5, 0.6) is 5.75 Å². The Morgan fingerprint density at radius 1 is 1.37 bits per heavy atom. The predicted octanol–water partition coefficient (Wildman–Crippen LogP) is 2.88. The zero-order chi connectivity index (χ0) is 14.0. The number of aryl methyl sites for hydroxylation is 3. The van der Waals surface area contributed by atoms with Crippen LogP contribution < -0.4 is 4.74 Å². The van der Waals surface area contributed by atoms with E-state index in [-0.39, 0.29) is 5.56 Å². The first-order valence-electron chi connectivity index (χ1n) is 5.87. The van der Waals surface area contributed by atoms with E-state index in [4.69, 9.17) is 14.4 Å². The molecule has 1 aromatic carbocycles. The highest BCUT2D eigenvalue weighted by molar-refractivity contribution is 5.89. The molecule has 100 valence electrons. The predicted molar refractivity (Wildman–Crippen MR) is 68.4 cm³/mol. The van der Waals surface area contributed by atoms with Crippen LogP contribution in [-0.4, -0.2) is 16.2 Å². The maximum atomic E-state index is 10.9. The molecule has 0 bridgehead atoms. The summed E-state index contributed by atoms with van der Waals surface area (Å²) in [6, 6.07) is 4.90. The molecule has 1 aromatic heterocycles. The maximum Gasteiger partial charge on any atom is 0.335 e. The highest BCUT2D eigenvalue weighted by atomic mass is 16.5. The number of rotatable bonds is 4. The molecule has 0 unspecified atom stereocenters. The first-order valence-corrected chi connectivity index (χ1v) is 5.87. The van der Waals surface area contributed by atoms with Crippen LogP contribution in [0.2, 0.25) is 0 Å². The Morgan fingerprint density at radius 2 is 2.11 bits per heavy atom. The van der Waals surface area contributed by atoms with Crippen LogP contribution in [0.15, 0.2) is 22.7 Å². The van der Waals surface area contributed by atoms with Gasteiger partial charge in [-0.3, -0.25) is 0 Å². The summed E-state index contributed by atoms with van der Waals surface area (Å²) in [5.41, 5.74) is 2.67. The summed E-state index contributed by atoms with van der Waals surface area (Å²) < 4.78 is 10.7. The summed E-state index contributed by atoms with van der Waals surface area (Å²) in [7, 11) is 0. The van der Waals surface area contributed by atoms with Crippen molar-refractivity contribution in [3.8, 4) is 5.75 Å². The van der Waals surface area contributed by atoms with Crippen molar-refractivity contribution in [1.29, 1.82) is 0 Å². The minimum atomic E-state index is -0.935. The smallest absolute Gasteiger partial charge is 0.335 e. The molecular formula is C14H15NO4. The van der Waals surface area contributed by atoms with Crippen LogP contribution in [0.1, 0.15) is 32.9 Å². The van der Waals surface area contributed by atoms with Crippen molar-refractivity contribution in [2.24, 2.45) is 0 Å². The number of aromatic nitrogens is 1. The van der Waals surface area contributed by atoms with Crippen molar-refractivity contribution >= 4 is 5.97 Å². The van der Waals surface area contributed by atoms with E-state index in [2.05, 4.69) is 5.16 Å². The standard InChI is InChI=1S/C14H15NO4/c1-8-6-11(4-5-12(8)14(16)17)18-7-13-9(2)15-19-10(13)3/h4-6H,7H2,1-3H3,(H,16,17). The molecule has 0 fully saturated rings. The molecule has 2 rings (SSSR count). The lowest BCUT2D eigenvalue weighted by Crippen LogP contribution is -2.01. The van der Waals surface area contributed by atoms with Crippen LogP contribution >= 0.6 is 0 Å². The second kappa shape index (κ2) is 5.14. The Kier molecular flexibility index (Phi) is 3.55. The van der Waals surface area contributed by atoms with E-state index >= 15 is 0 Å². The van der Waals surface area contributed by atoms with E-state index in [9.17, 15) is 4.79 Å². The molecule has 0 saturated carbocycles. The molecule has 0 saturated heterocycles. The Morgan fingerprint density at radius 3 is 2.63 bits per heavy atom. The Labute approximate surface area is 110 Å². The van der Waals surface area contributed by atoms with Crippen molar-refractivity contribution in [3.63, 3.8) is 0 Å². The third kappa shape index (κ3) is 2.76. The molecule has 19 heavy (non-hydrogen) atoms. The van der Waals surface area contributed by atoms with Crippen molar-refractivity contribution in [3.05, 3.63) is 46.3 Å². The first kappa shape index (κ1) is 13.1. The average molecular weight is 261 g/mol. The van der Waals surface area contributed by atoms with Crippen LogP contribution in [0.4, 0.5) is 0 Å². The van der Waals surface area contributed by atoms with Crippen LogP contribution in [0, 0.1) is 20.8 Å². The molecule has 0 spiro atoms. The average Bonchev–Trinajstić information content (AvgIpc) is 2.66. The van der Waals surface area contributed by atoms with E-state index in [1.54, 1.807) is 25.1 Å². The largest absolute Gasteiger partial charge is 0.489 e. The molecule has 5 heteroatoms. The number of benzene rings is 1. The molecule has 1 N–H and O–H groups in total. The molecule has 0 aliphatic carbocycles. The van der Waals surface area contributed by atoms with Gasteiger partial charge in [-0.2, -0.15) is 0 Å². The number of hydrogen-bond acceptors (Lipinski definition) is 4. The number of carboxylic acids is 1. The third-order valence-corrected chi connectivity index (χ3v) is 2.99. The maximum absolute atomic E-state index is 10.9. The quantitative estimate of drug-likeness (QED) is 0.916. The van der Waals surface area contributed by atoms with Crippen LogP contribution in [0.3, 0.4) is 0 Å². The van der Waals surface area contributed by atoms with Crippen molar-refractivity contribution in [2.75, 3.05) is 0 Å². The van der Waals surface area contributed by atoms with Gasteiger partial charge in [0.2, 0.25) is 0 Å². The molecule has 0 radical (unpaired) electrons. The minimum absolute atomic E-state index is 0.282. The fourth-order valence-electron chi connectivity index (χ4n) is 1.83. The number of carboxylic acid groups (broad SMARTS) is 1. The van der Waals surface area contributed by atoms with E-state index in [1.165, 1.54) is 0 Å². The zero-order valence-electron chi connectivity index (χ0n) is 11.1. The second-order valence-electron chi connectivity index (χ2n) is 4.37. The third-order valence-electron chi connectivity index (χ3n) is 2.99. The summed E-state index contributed by atoms with van der Waals surface area (Å²) in [5.74, 6) is 0.425. The zero-order valence-corrected chi connectivity index (χ0v) is 11.1. The molecule has 0 amide bonds. The Balaban J connectivity index is 2.13. The molecule has 0 atom stereocenters. The van der Waals surface area contributed by atoms with Gasteiger partial charge < -0.3 is 14.4 Å². The molecular weight excluding hydrogens is 246 g/mol. The van der Waals surface area contributed by atoms with Gasteiger partial charge in [0, 0.05) is 0 Å². The second-order valence-corrected chi connectivity index (χ2v) is 4.37. The van der Waals surface area contributed by atoms with Crippen molar-refractivity contribution < 1.29 is 19.2 Å². The van der Waals surface area contributed by atoms with Crippen LogP contribution in [-0.2, 0) is 6.61 Å². The SMILES string of the molecule is Cc1cc(OCc2c(C)noc2C)ccc1C(=O)O. The molecule has 0 aliphatic heterocycles. The van der Waals surface area contributed by atoms with E-state index in [0.29, 0.717) is 17.9 Å². The summed E-state index contributed by atoms with van der Waals surface area (Å²) >= 11 is 0. The van der Waals surface area contributed by atoms with E-state index < -0.39 is 5.97 Å². The van der Waals surface area contributed by atoms with Crippen LogP contribution in [0.25, 0.3) is 0 Å². The van der Waals surface area contributed by atoms with Gasteiger partial charge in [0.05, 0.1) is 16.8 Å². The van der Waals surface area contributed by atoms with Crippen molar-refractivity contribution in [1.82, 2.24) is 5.16 Å². The van der Waals surface area contributed by atoms with Gasteiger partial charge >= 0.3 is 5.97 Å². The first-order chi connectivity index (χ1) is 8.99. The summed E-state index contributed by atoms with van der Waals surface area (Å²) in [6.45, 7) is 5.78. The lowest BCUT2D eigenvalue weighted by Gasteiger charge is -2.08. The fraction of sp³-hybridized carbons (Fsp3) is 0.286. The molecule has 0 aliphatic rings. The highest BCUT2D eigenvalue weighted by Crippen LogP contribution is 2.20.